The average Bonchev–Trinajstić information content (AvgIpc) is 3.06. The quantitative estimate of drug-likeness (QED) is 0.530. The first-order chi connectivity index (χ1) is 13.6. The van der Waals surface area contributed by atoms with E-state index in [0.717, 1.165) is 43.1 Å². The van der Waals surface area contributed by atoms with E-state index in [9.17, 15) is 4.39 Å². The first-order valence-corrected chi connectivity index (χ1v) is 10.2. The van der Waals surface area contributed by atoms with Crippen molar-refractivity contribution < 1.29 is 8.81 Å². The van der Waals surface area contributed by atoms with E-state index in [1.165, 1.54) is 29.5 Å². The van der Waals surface area contributed by atoms with Gasteiger partial charge in [-0.1, -0.05) is 42.0 Å². The molecule has 0 bridgehead atoms. The lowest BCUT2D eigenvalue weighted by Gasteiger charge is -2.31. The molecule has 0 radical (unpaired) electrons. The molecule has 28 heavy (non-hydrogen) atoms. The average molecular weight is 378 g/mol. The summed E-state index contributed by atoms with van der Waals surface area (Å²) in [5.74, 6) is 2.56. The number of furan rings is 1. The first-order valence-electron chi connectivity index (χ1n) is 10.2. The monoisotopic (exact) mass is 377 g/mol. The van der Waals surface area contributed by atoms with E-state index in [1.54, 1.807) is 12.1 Å². The van der Waals surface area contributed by atoms with Crippen LogP contribution in [-0.4, -0.2) is 18.0 Å². The van der Waals surface area contributed by atoms with E-state index in [4.69, 9.17) is 4.42 Å². The van der Waals surface area contributed by atoms with Gasteiger partial charge < -0.3 is 4.42 Å². The Morgan fingerprint density at radius 2 is 1.64 bits per heavy atom. The Morgan fingerprint density at radius 1 is 0.964 bits per heavy atom. The molecule has 1 aliphatic heterocycles. The van der Waals surface area contributed by atoms with Gasteiger partial charge in [0.15, 0.2) is 0 Å². The van der Waals surface area contributed by atoms with Crippen molar-refractivity contribution >= 4 is 0 Å². The second-order valence-corrected chi connectivity index (χ2v) is 8.13. The molecule has 0 atom stereocenters. The third kappa shape index (κ3) is 4.53. The maximum atomic E-state index is 13.1. The number of aryl methyl sites for hydroxylation is 2. The van der Waals surface area contributed by atoms with E-state index >= 15 is 0 Å². The topological polar surface area (TPSA) is 16.4 Å². The Labute approximate surface area is 167 Å². The molecule has 0 spiro atoms. The lowest BCUT2D eigenvalue weighted by molar-refractivity contribution is 0.166. The van der Waals surface area contributed by atoms with Crippen LogP contribution >= 0.6 is 0 Å². The van der Waals surface area contributed by atoms with E-state index in [-0.39, 0.29) is 5.82 Å². The summed E-state index contributed by atoms with van der Waals surface area (Å²) in [6, 6.07) is 17.6. The molecule has 3 aromatic rings. The first kappa shape index (κ1) is 18.9. The number of halogens is 1. The van der Waals surface area contributed by atoms with Crippen LogP contribution in [0.4, 0.5) is 4.39 Å². The van der Waals surface area contributed by atoms with Crippen LogP contribution in [0.5, 0.6) is 0 Å². The molecule has 1 aromatic heterocycles. The molecule has 1 saturated heterocycles. The fourth-order valence-electron chi connectivity index (χ4n) is 4.04. The van der Waals surface area contributed by atoms with E-state index in [1.807, 2.05) is 12.1 Å². The molecule has 0 amide bonds. The summed E-state index contributed by atoms with van der Waals surface area (Å²) in [6.45, 7) is 7.29. The summed E-state index contributed by atoms with van der Waals surface area (Å²) in [5.41, 5.74) is 4.86. The molecule has 0 unspecified atom stereocenters. The highest BCUT2D eigenvalue weighted by Gasteiger charge is 2.21. The second-order valence-electron chi connectivity index (χ2n) is 8.13. The van der Waals surface area contributed by atoms with Crippen molar-refractivity contribution in [2.24, 2.45) is 5.92 Å². The summed E-state index contributed by atoms with van der Waals surface area (Å²) in [7, 11) is 0. The Balaban J connectivity index is 1.33. The van der Waals surface area contributed by atoms with Crippen LogP contribution in [0, 0.1) is 25.6 Å². The van der Waals surface area contributed by atoms with Gasteiger partial charge in [-0.05, 0) is 81.4 Å². The lowest BCUT2D eigenvalue weighted by Crippen LogP contribution is -2.33. The second kappa shape index (κ2) is 8.32. The number of hydrogen-bond donors (Lipinski definition) is 0. The minimum absolute atomic E-state index is 0.155. The third-order valence-corrected chi connectivity index (χ3v) is 5.87. The predicted molar refractivity (Wildman–Crippen MR) is 112 cm³/mol. The smallest absolute Gasteiger partial charge is 0.134 e. The van der Waals surface area contributed by atoms with E-state index < -0.39 is 0 Å². The van der Waals surface area contributed by atoms with Gasteiger partial charge in [0.05, 0.1) is 6.54 Å². The molecule has 2 heterocycles. The van der Waals surface area contributed by atoms with Crippen LogP contribution in [-0.2, 0) is 13.0 Å². The highest BCUT2D eigenvalue weighted by Crippen LogP contribution is 2.28. The van der Waals surface area contributed by atoms with Gasteiger partial charge in [-0.3, -0.25) is 4.90 Å². The maximum Gasteiger partial charge on any atom is 0.134 e. The molecule has 0 saturated carbocycles. The molecule has 0 aliphatic carbocycles. The number of nitrogens with zero attached hydrogens (tertiary/aromatic N) is 1. The maximum absolute atomic E-state index is 13.1. The number of benzene rings is 2. The van der Waals surface area contributed by atoms with Gasteiger partial charge in [-0.25, -0.2) is 4.39 Å². The van der Waals surface area contributed by atoms with Crippen LogP contribution in [0.3, 0.4) is 0 Å². The third-order valence-electron chi connectivity index (χ3n) is 5.87. The zero-order valence-electron chi connectivity index (χ0n) is 16.7. The van der Waals surface area contributed by atoms with Crippen molar-refractivity contribution in [3.05, 3.63) is 82.9 Å². The van der Waals surface area contributed by atoms with Crippen molar-refractivity contribution in [2.75, 3.05) is 13.1 Å². The van der Waals surface area contributed by atoms with Crippen LogP contribution in [0.15, 0.2) is 59.0 Å². The Bertz CT molecular complexity index is 903. The van der Waals surface area contributed by atoms with Gasteiger partial charge in [0, 0.05) is 5.56 Å². The summed E-state index contributed by atoms with van der Waals surface area (Å²) in [5, 5.41) is 0. The highest BCUT2D eigenvalue weighted by atomic mass is 19.1. The minimum Gasteiger partial charge on any atom is -0.459 e. The van der Waals surface area contributed by atoms with Crippen molar-refractivity contribution in [3.8, 4) is 11.3 Å². The van der Waals surface area contributed by atoms with Gasteiger partial charge >= 0.3 is 0 Å². The SMILES string of the molecule is Cc1ccc(-c2cc(C)c(CN3CCC(Cc4ccc(F)cc4)CC3)o2)cc1. The summed E-state index contributed by atoms with van der Waals surface area (Å²) in [6.07, 6.45) is 3.41. The van der Waals surface area contributed by atoms with Gasteiger partial charge in [-0.2, -0.15) is 0 Å². The van der Waals surface area contributed by atoms with Crippen LogP contribution in [0.25, 0.3) is 11.3 Å². The van der Waals surface area contributed by atoms with Gasteiger partial charge in [0.25, 0.3) is 0 Å². The Hall–Kier alpha value is -2.39. The summed E-state index contributed by atoms with van der Waals surface area (Å²) >= 11 is 0. The standard InChI is InChI=1S/C25H28FNO/c1-18-3-7-22(8-4-18)24-15-19(2)25(28-24)17-27-13-11-21(12-14-27)16-20-5-9-23(26)10-6-20/h3-10,15,21H,11-14,16-17H2,1-2H3. The summed E-state index contributed by atoms with van der Waals surface area (Å²) in [4.78, 5) is 2.49. The van der Waals surface area contributed by atoms with E-state index in [2.05, 4.69) is 49.1 Å². The molecule has 2 aromatic carbocycles. The minimum atomic E-state index is -0.155. The van der Waals surface area contributed by atoms with Crippen molar-refractivity contribution in [2.45, 2.75) is 39.7 Å². The van der Waals surface area contributed by atoms with Crippen molar-refractivity contribution in [3.63, 3.8) is 0 Å². The molecule has 2 nitrogen and oxygen atoms in total. The molecular formula is C25H28FNO. The van der Waals surface area contributed by atoms with Crippen LogP contribution in [0.1, 0.15) is 35.3 Å². The lowest BCUT2D eigenvalue weighted by atomic mass is 9.90. The van der Waals surface area contributed by atoms with Crippen molar-refractivity contribution in [1.29, 1.82) is 0 Å². The van der Waals surface area contributed by atoms with Crippen LogP contribution in [0.2, 0.25) is 0 Å². The molecule has 0 N–H and O–H groups in total. The molecule has 3 heteroatoms. The summed E-state index contributed by atoms with van der Waals surface area (Å²) < 4.78 is 19.3. The Kier molecular flexibility index (Phi) is 5.63. The zero-order valence-corrected chi connectivity index (χ0v) is 16.7. The fourth-order valence-corrected chi connectivity index (χ4v) is 4.04. The highest BCUT2D eigenvalue weighted by molar-refractivity contribution is 5.59. The largest absolute Gasteiger partial charge is 0.459 e. The van der Waals surface area contributed by atoms with Gasteiger partial charge in [0.2, 0.25) is 0 Å². The Morgan fingerprint density at radius 3 is 2.32 bits per heavy atom. The molecule has 1 fully saturated rings. The van der Waals surface area contributed by atoms with Gasteiger partial charge in [0.1, 0.15) is 17.3 Å². The predicted octanol–water partition coefficient (Wildman–Crippen LogP) is 6.16. The molecular weight excluding hydrogens is 349 g/mol. The fraction of sp³-hybridized carbons (Fsp3) is 0.360. The number of rotatable bonds is 5. The number of piperidine rings is 1. The molecule has 146 valence electrons. The normalized spacial score (nSPS) is 15.8. The number of likely N-dealkylation sites (tertiary alicyclic amines) is 1. The molecule has 4 rings (SSSR count). The van der Waals surface area contributed by atoms with E-state index in [0.29, 0.717) is 5.92 Å². The number of hydrogen-bond acceptors (Lipinski definition) is 2. The van der Waals surface area contributed by atoms with Gasteiger partial charge in [-0.15, -0.1) is 0 Å². The van der Waals surface area contributed by atoms with Crippen molar-refractivity contribution in [1.82, 2.24) is 4.90 Å². The molecule has 1 aliphatic rings. The zero-order chi connectivity index (χ0) is 19.5. The van der Waals surface area contributed by atoms with Crippen LogP contribution < -0.4 is 0 Å².